The van der Waals surface area contributed by atoms with Crippen molar-refractivity contribution in [2.45, 2.75) is 95.8 Å². The van der Waals surface area contributed by atoms with Crippen LogP contribution in [0.15, 0.2) is 0 Å². The van der Waals surface area contributed by atoms with Gasteiger partial charge in [0.15, 0.2) is 0 Å². The van der Waals surface area contributed by atoms with Crippen LogP contribution < -0.4 is 10.2 Å². The number of aliphatic carboxylic acids is 2. The Bertz CT molecular complexity index is 332. The van der Waals surface area contributed by atoms with Gasteiger partial charge in [0, 0.05) is 11.9 Å². The third kappa shape index (κ3) is 28.7. The van der Waals surface area contributed by atoms with Gasteiger partial charge in [0.05, 0.1) is 0 Å². The second kappa shape index (κ2) is 28.7. The summed E-state index contributed by atoms with van der Waals surface area (Å²) in [6.07, 6.45) is 11.8. The Kier molecular flexibility index (Phi) is 34.0. The molecule has 0 aliphatic heterocycles. The summed E-state index contributed by atoms with van der Waals surface area (Å²) >= 11 is 7.76. The van der Waals surface area contributed by atoms with E-state index in [1.54, 1.807) is 0 Å². The van der Waals surface area contributed by atoms with Crippen molar-refractivity contribution in [3.63, 3.8) is 0 Å². The Balaban J connectivity index is -0.000000410. The number of carboxylic acids is 2. The molecule has 4 nitrogen and oxygen atoms in total. The molecule has 2 atom stereocenters. The van der Waals surface area contributed by atoms with Crippen molar-refractivity contribution in [2.75, 3.05) is 11.5 Å². The number of halogens is 1. The molecule has 0 spiro atoms. The fourth-order valence-electron chi connectivity index (χ4n) is 2.71. The first-order chi connectivity index (χ1) is 13.9. The first-order valence-corrected chi connectivity index (χ1v) is 18.5. The molecular weight excluding hydrogens is 535 g/mol. The van der Waals surface area contributed by atoms with E-state index in [4.69, 9.17) is 8.92 Å². The second-order valence-corrected chi connectivity index (χ2v) is 11.5. The standard InChI is InChI=1S/2C10H20O2S.CH3.ClH.Sn/c2*1-2-3-4-5-6-9(7-8-13)10(11)12;;;/h2*9,13H,2-8H2,1H3,(H,11,12);1H3;1H;/q;;;;+3/p-3. The van der Waals surface area contributed by atoms with Crippen LogP contribution in [0, 0.1) is 11.8 Å². The molecule has 0 N–H and O–H groups in total. The fraction of sp³-hybridized carbons (Fsp3) is 0.905. The third-order valence-electron chi connectivity index (χ3n) is 4.43. The van der Waals surface area contributed by atoms with Crippen molar-refractivity contribution in [3.8, 4) is 0 Å². The van der Waals surface area contributed by atoms with Gasteiger partial charge in [-0.3, -0.25) is 0 Å². The van der Waals surface area contributed by atoms with Crippen molar-refractivity contribution < 1.29 is 19.8 Å². The Morgan fingerprint density at radius 3 is 1.28 bits per heavy atom. The molecular formula is C21H41ClO4S2Sn. The predicted octanol–water partition coefficient (Wildman–Crippen LogP) is 4.18. The normalized spacial score (nSPS) is 11.8. The maximum atomic E-state index is 10.6. The van der Waals surface area contributed by atoms with Crippen molar-refractivity contribution >= 4 is 66.1 Å². The van der Waals surface area contributed by atoms with E-state index in [0.29, 0.717) is 24.3 Å². The summed E-state index contributed by atoms with van der Waals surface area (Å²) in [4.78, 5) is 23.3. The molecule has 0 saturated heterocycles. The number of carbonyl (C=O) groups is 2. The van der Waals surface area contributed by atoms with Gasteiger partial charge in [0.1, 0.15) is 0 Å². The molecule has 0 aliphatic carbocycles. The van der Waals surface area contributed by atoms with Crippen LogP contribution in [0.1, 0.15) is 90.9 Å². The van der Waals surface area contributed by atoms with E-state index in [1.807, 2.05) is 0 Å². The molecule has 0 fully saturated rings. The van der Waals surface area contributed by atoms with E-state index in [0.717, 1.165) is 38.5 Å². The number of hydrogen-bond acceptors (Lipinski definition) is 6. The number of rotatable bonds is 16. The molecule has 0 aromatic carbocycles. The Hall–Kier alpha value is 0.729. The van der Waals surface area contributed by atoms with Gasteiger partial charge in [-0.25, -0.2) is 0 Å². The summed E-state index contributed by atoms with van der Waals surface area (Å²) < 4.78 is 0. The van der Waals surface area contributed by atoms with Crippen LogP contribution in [0.5, 0.6) is 0 Å². The van der Waals surface area contributed by atoms with Gasteiger partial charge in [-0.15, -0.1) is 0 Å². The molecule has 8 heteroatoms. The van der Waals surface area contributed by atoms with Gasteiger partial charge < -0.3 is 19.8 Å². The van der Waals surface area contributed by atoms with Crippen LogP contribution in [0.4, 0.5) is 0 Å². The molecule has 0 bridgehead atoms. The van der Waals surface area contributed by atoms with Crippen LogP contribution in [-0.4, -0.2) is 43.5 Å². The second-order valence-electron chi connectivity index (χ2n) is 6.94. The van der Waals surface area contributed by atoms with E-state index < -0.39 is 11.9 Å². The molecule has 0 heterocycles. The zero-order chi connectivity index (χ0) is 22.9. The number of unbranched alkanes of at least 4 members (excludes halogenated alkanes) is 6. The van der Waals surface area contributed by atoms with Gasteiger partial charge >= 0.3 is 33.9 Å². The maximum absolute atomic E-state index is 10.6. The molecule has 0 aromatic rings. The van der Waals surface area contributed by atoms with Crippen LogP contribution in [0.25, 0.3) is 0 Å². The SMILES string of the molecule is CCCCCCC(CCS)C(=O)[O-].CCCCCCC(CCS)C(=O)[O-].[CH3][Sn+2][Cl]. The van der Waals surface area contributed by atoms with E-state index in [2.05, 4.69) is 44.0 Å². The number of carbonyl (C=O) groups excluding carboxylic acids is 2. The summed E-state index contributed by atoms with van der Waals surface area (Å²) in [6, 6.07) is 0. The van der Waals surface area contributed by atoms with Gasteiger partial charge in [0.25, 0.3) is 0 Å². The van der Waals surface area contributed by atoms with Gasteiger partial charge in [-0.05, 0) is 49.0 Å². The first kappa shape index (κ1) is 34.3. The van der Waals surface area contributed by atoms with E-state index in [1.165, 1.54) is 25.7 Å². The first-order valence-electron chi connectivity index (χ1n) is 10.8. The zero-order valence-corrected chi connectivity index (χ0v) is 23.9. The fourth-order valence-corrected chi connectivity index (χ4v) is 3.33. The zero-order valence-electron chi connectivity index (χ0n) is 18.5. The van der Waals surface area contributed by atoms with Crippen molar-refractivity contribution in [3.05, 3.63) is 0 Å². The summed E-state index contributed by atoms with van der Waals surface area (Å²) in [5.41, 5.74) is 0. The molecule has 0 amide bonds. The molecule has 2 unspecified atom stereocenters. The number of carboxylic acid groups (broad SMARTS) is 2. The molecule has 172 valence electrons. The van der Waals surface area contributed by atoms with Crippen LogP contribution in [0.3, 0.4) is 0 Å². The molecule has 0 rings (SSSR count). The Morgan fingerprint density at radius 1 is 0.759 bits per heavy atom. The molecule has 0 saturated carbocycles. The number of thiol groups is 2. The molecule has 0 aromatic heterocycles. The average Bonchev–Trinajstić information content (AvgIpc) is 2.67. The van der Waals surface area contributed by atoms with Crippen LogP contribution >= 0.6 is 34.2 Å². The van der Waals surface area contributed by atoms with E-state index in [-0.39, 0.29) is 31.9 Å². The van der Waals surface area contributed by atoms with Crippen molar-refractivity contribution in [1.29, 1.82) is 0 Å². The summed E-state index contributed by atoms with van der Waals surface area (Å²) in [7, 11) is 5.17. The third-order valence-corrected chi connectivity index (χ3v) is 4.95. The minimum absolute atomic E-state index is 0.283. The van der Waals surface area contributed by atoms with Gasteiger partial charge in [0.2, 0.25) is 0 Å². The van der Waals surface area contributed by atoms with Gasteiger partial charge in [-0.1, -0.05) is 65.2 Å². The topological polar surface area (TPSA) is 80.3 Å². The predicted molar refractivity (Wildman–Crippen MR) is 129 cm³/mol. The molecule has 0 aliphatic rings. The summed E-state index contributed by atoms with van der Waals surface area (Å²) in [5.74, 6) is -1.13. The number of hydrogen-bond donors (Lipinski definition) is 2. The van der Waals surface area contributed by atoms with E-state index >= 15 is 0 Å². The monoisotopic (exact) mass is 576 g/mol. The van der Waals surface area contributed by atoms with Crippen LogP contribution in [0.2, 0.25) is 4.94 Å². The van der Waals surface area contributed by atoms with Crippen LogP contribution in [-0.2, 0) is 9.59 Å². The average molecular weight is 576 g/mol. The van der Waals surface area contributed by atoms with E-state index in [9.17, 15) is 19.8 Å². The van der Waals surface area contributed by atoms with Crippen molar-refractivity contribution in [2.24, 2.45) is 11.8 Å². The minimum atomic E-state index is -0.912. The summed E-state index contributed by atoms with van der Waals surface area (Å²) in [6.45, 7) is 4.29. The Morgan fingerprint density at radius 2 is 1.07 bits per heavy atom. The summed E-state index contributed by atoms with van der Waals surface area (Å²) in [5, 5.41) is 21.2. The quantitative estimate of drug-likeness (QED) is 0.164. The Labute approximate surface area is 204 Å². The van der Waals surface area contributed by atoms with Crippen molar-refractivity contribution in [1.82, 2.24) is 0 Å². The molecule has 29 heavy (non-hydrogen) atoms. The van der Waals surface area contributed by atoms with Gasteiger partial charge in [-0.2, -0.15) is 25.3 Å². The molecule has 0 radical (unpaired) electrons.